The van der Waals surface area contributed by atoms with Crippen molar-refractivity contribution in [1.82, 2.24) is 25.2 Å². The van der Waals surface area contributed by atoms with E-state index in [9.17, 15) is 22.8 Å². The molecule has 3 rings (SSSR count). The van der Waals surface area contributed by atoms with Gasteiger partial charge in [-0.25, -0.2) is 4.79 Å². The van der Waals surface area contributed by atoms with Crippen LogP contribution in [-0.2, 0) is 17.5 Å². The molecule has 0 saturated carbocycles. The van der Waals surface area contributed by atoms with Crippen molar-refractivity contribution in [3.05, 3.63) is 47.0 Å². The van der Waals surface area contributed by atoms with E-state index in [1.165, 1.54) is 6.26 Å². The summed E-state index contributed by atoms with van der Waals surface area (Å²) in [7, 11) is 0. The molecule has 0 unspecified atom stereocenters. The molecule has 0 spiro atoms. The van der Waals surface area contributed by atoms with E-state index in [1.54, 1.807) is 12.1 Å². The number of nitrogens with one attached hydrogen (secondary N) is 2. The van der Waals surface area contributed by atoms with E-state index in [0.29, 0.717) is 5.76 Å². The van der Waals surface area contributed by atoms with Gasteiger partial charge in [0.2, 0.25) is 5.91 Å². The first-order chi connectivity index (χ1) is 13.2. The van der Waals surface area contributed by atoms with Crippen LogP contribution in [0.1, 0.15) is 11.3 Å². The summed E-state index contributed by atoms with van der Waals surface area (Å²) in [6, 6.07) is 3.30. The lowest BCUT2D eigenvalue weighted by Gasteiger charge is -2.08. The van der Waals surface area contributed by atoms with Crippen LogP contribution in [0.5, 0.6) is 0 Å². The Balaban J connectivity index is 1.60. The molecule has 0 bridgehead atoms. The second-order valence-electron chi connectivity index (χ2n) is 5.35. The van der Waals surface area contributed by atoms with Crippen molar-refractivity contribution >= 4 is 40.9 Å². The first-order valence-corrected chi connectivity index (χ1v) is 8.95. The van der Waals surface area contributed by atoms with Gasteiger partial charge in [-0.1, -0.05) is 23.4 Å². The number of nitrogens with zero attached hydrogens (tertiary/aromatic N) is 3. The molecule has 28 heavy (non-hydrogen) atoms. The van der Waals surface area contributed by atoms with Crippen LogP contribution in [0, 0.1) is 0 Å². The van der Waals surface area contributed by atoms with Crippen LogP contribution in [0.4, 0.5) is 18.0 Å². The number of urea groups is 1. The fraction of sp³-hybridized carbons (Fsp3) is 0.200. The van der Waals surface area contributed by atoms with Crippen molar-refractivity contribution in [3.8, 4) is 0 Å². The lowest BCUT2D eigenvalue weighted by atomic mass is 10.3. The van der Waals surface area contributed by atoms with Gasteiger partial charge >= 0.3 is 12.2 Å². The Kier molecular flexibility index (Phi) is 5.79. The van der Waals surface area contributed by atoms with E-state index in [1.807, 2.05) is 0 Å². The zero-order valence-electron chi connectivity index (χ0n) is 13.8. The maximum atomic E-state index is 12.9. The molecule has 2 N–H and O–H groups in total. The maximum Gasteiger partial charge on any atom is 0.417 e. The minimum Gasteiger partial charge on any atom is -0.467 e. The van der Waals surface area contributed by atoms with Crippen LogP contribution in [0.25, 0.3) is 5.65 Å². The van der Waals surface area contributed by atoms with Crippen LogP contribution in [0.3, 0.4) is 0 Å². The highest BCUT2D eigenvalue weighted by Gasteiger charge is 2.32. The summed E-state index contributed by atoms with van der Waals surface area (Å²) >= 11 is 6.62. The molecule has 0 aromatic carbocycles. The van der Waals surface area contributed by atoms with Gasteiger partial charge in [-0.2, -0.15) is 13.2 Å². The fourth-order valence-electron chi connectivity index (χ4n) is 2.10. The zero-order chi connectivity index (χ0) is 20.3. The van der Waals surface area contributed by atoms with E-state index in [4.69, 9.17) is 16.0 Å². The summed E-state index contributed by atoms with van der Waals surface area (Å²) in [5.41, 5.74) is -0.956. The molecule has 0 saturated heterocycles. The second kappa shape index (κ2) is 8.10. The van der Waals surface area contributed by atoms with Crippen LogP contribution < -0.4 is 10.6 Å². The van der Waals surface area contributed by atoms with Gasteiger partial charge in [0.05, 0.1) is 29.1 Å². The second-order valence-corrected chi connectivity index (χ2v) is 6.70. The number of thioether (sulfide) groups is 1. The number of carbonyl (C=O) groups is 2. The van der Waals surface area contributed by atoms with Gasteiger partial charge in [0.1, 0.15) is 5.76 Å². The van der Waals surface area contributed by atoms with Crippen LogP contribution in [-0.4, -0.2) is 32.3 Å². The molecule has 8 nitrogen and oxygen atoms in total. The SMILES string of the molecule is O=C(CSc1nnc2c(Cl)cc(C(F)(F)F)cn12)NC(=O)NCc1ccco1. The van der Waals surface area contributed by atoms with Crippen LogP contribution in [0.2, 0.25) is 5.02 Å². The summed E-state index contributed by atoms with van der Waals surface area (Å²) in [5, 5.41) is 11.7. The third kappa shape index (κ3) is 4.75. The number of fused-ring (bicyclic) bond motifs is 1. The third-order valence-electron chi connectivity index (χ3n) is 3.34. The highest BCUT2D eigenvalue weighted by molar-refractivity contribution is 7.99. The minimum atomic E-state index is -4.60. The van der Waals surface area contributed by atoms with E-state index in [2.05, 4.69) is 20.8 Å². The summed E-state index contributed by atoms with van der Waals surface area (Å²) in [6.07, 6.45) is -2.37. The maximum absolute atomic E-state index is 12.9. The number of hydrogen-bond acceptors (Lipinski definition) is 6. The third-order valence-corrected chi connectivity index (χ3v) is 4.57. The lowest BCUT2D eigenvalue weighted by Crippen LogP contribution is -2.39. The molecule has 3 amide bonds. The number of halogens is 4. The molecular formula is C15H11ClF3N5O3S. The number of rotatable bonds is 5. The highest BCUT2D eigenvalue weighted by atomic mass is 35.5. The van der Waals surface area contributed by atoms with Gasteiger partial charge in [0, 0.05) is 6.20 Å². The molecule has 3 aromatic heterocycles. The number of imide groups is 1. The lowest BCUT2D eigenvalue weighted by molar-refractivity contribution is -0.137. The highest BCUT2D eigenvalue weighted by Crippen LogP contribution is 2.33. The Hall–Kier alpha value is -2.73. The van der Waals surface area contributed by atoms with Crippen molar-refractivity contribution in [3.63, 3.8) is 0 Å². The monoisotopic (exact) mass is 433 g/mol. The predicted molar refractivity (Wildman–Crippen MR) is 92.8 cm³/mol. The molecule has 148 valence electrons. The van der Waals surface area contributed by atoms with Gasteiger partial charge in [-0.05, 0) is 18.2 Å². The Morgan fingerprint density at radius 2 is 2.11 bits per heavy atom. The van der Waals surface area contributed by atoms with Crippen molar-refractivity contribution < 1.29 is 27.2 Å². The molecule has 3 heterocycles. The Labute approximate surface area is 164 Å². The van der Waals surface area contributed by atoms with E-state index in [0.717, 1.165) is 28.4 Å². The van der Waals surface area contributed by atoms with Crippen molar-refractivity contribution in [2.45, 2.75) is 17.9 Å². The molecule has 0 aliphatic carbocycles. The number of furan rings is 1. The number of alkyl halides is 3. The molecule has 0 radical (unpaired) electrons. The van der Waals surface area contributed by atoms with Crippen molar-refractivity contribution in [1.29, 1.82) is 0 Å². The summed E-state index contributed by atoms with van der Waals surface area (Å²) in [6.45, 7) is 0.0901. The number of hydrogen-bond donors (Lipinski definition) is 2. The van der Waals surface area contributed by atoms with Crippen molar-refractivity contribution in [2.75, 3.05) is 5.75 Å². The van der Waals surface area contributed by atoms with E-state index < -0.39 is 23.7 Å². The summed E-state index contributed by atoms with van der Waals surface area (Å²) in [5.74, 6) is -0.441. The molecule has 3 aromatic rings. The number of carbonyl (C=O) groups excluding carboxylic acids is 2. The molecule has 0 aliphatic heterocycles. The van der Waals surface area contributed by atoms with Crippen molar-refractivity contribution in [2.24, 2.45) is 0 Å². The standard InChI is InChI=1S/C15H11ClF3N5O3S/c16-10-4-8(15(17,18)19)6-24-12(10)22-23-14(24)28-7-11(25)21-13(26)20-5-9-2-1-3-27-9/h1-4,6H,5,7H2,(H2,20,21,25,26). The minimum absolute atomic E-state index is 0.0220. The Bertz CT molecular complexity index is 1010. The Morgan fingerprint density at radius 3 is 2.79 bits per heavy atom. The van der Waals surface area contributed by atoms with Crippen LogP contribution >= 0.6 is 23.4 Å². The number of aromatic nitrogens is 3. The van der Waals surface area contributed by atoms with Gasteiger partial charge in [0.15, 0.2) is 10.8 Å². The normalized spacial score (nSPS) is 11.6. The number of amides is 3. The summed E-state index contributed by atoms with van der Waals surface area (Å²) < 4.78 is 44.9. The molecule has 0 atom stereocenters. The summed E-state index contributed by atoms with van der Waals surface area (Å²) in [4.78, 5) is 23.5. The molecule has 13 heteroatoms. The first kappa shape index (κ1) is 20.0. The number of pyridine rings is 1. The average molecular weight is 434 g/mol. The smallest absolute Gasteiger partial charge is 0.417 e. The van der Waals surface area contributed by atoms with Gasteiger partial charge in [0.25, 0.3) is 0 Å². The topological polar surface area (TPSA) is 102 Å². The molecule has 0 aliphatic rings. The van der Waals surface area contributed by atoms with Gasteiger partial charge in [-0.3, -0.25) is 14.5 Å². The Morgan fingerprint density at radius 1 is 1.32 bits per heavy atom. The molecule has 0 fully saturated rings. The predicted octanol–water partition coefficient (Wildman–Crippen LogP) is 3.11. The molecular weight excluding hydrogens is 423 g/mol. The fourth-order valence-corrected chi connectivity index (χ4v) is 3.06. The first-order valence-electron chi connectivity index (χ1n) is 7.58. The van der Waals surface area contributed by atoms with Gasteiger partial charge in [-0.15, -0.1) is 10.2 Å². The zero-order valence-corrected chi connectivity index (χ0v) is 15.4. The van der Waals surface area contributed by atoms with E-state index in [-0.39, 0.29) is 28.1 Å². The largest absolute Gasteiger partial charge is 0.467 e. The van der Waals surface area contributed by atoms with Gasteiger partial charge < -0.3 is 9.73 Å². The average Bonchev–Trinajstić information content (AvgIpc) is 3.27. The quantitative estimate of drug-likeness (QED) is 0.599. The van der Waals surface area contributed by atoms with E-state index >= 15 is 0 Å². The van der Waals surface area contributed by atoms with Crippen LogP contribution in [0.15, 0.2) is 40.2 Å².